The first-order valence-corrected chi connectivity index (χ1v) is 29.4. The summed E-state index contributed by atoms with van der Waals surface area (Å²) in [5.41, 5.74) is 23.3. The van der Waals surface area contributed by atoms with Crippen LogP contribution in [0, 0.1) is 0 Å². The molecule has 0 atom stereocenters. The standard InChI is InChI=1S/C81H52N4/c1-5-23-54(24-6-1)82(59-43-47-76-69(50-59)65-34-17-21-39-74(65)84(76)56-27-9-3-10-28-56)58-42-46-61-53(49-58)41-45-68-79-67-36-14-13-33-64(67)78(52-73(79)81(80(61)68)71-37-19-15-31-62(71)63-32-16-20-38-72(63)81)83(55-25-7-2-8-26-55)60-44-48-77-70(51-60)66-35-18-22-40-75(66)85(77)57-29-11-4-12-30-57/h1-52H. The van der Waals surface area contributed by atoms with Crippen molar-refractivity contribution in [1.29, 1.82) is 0 Å². The molecule has 2 aromatic heterocycles. The zero-order chi connectivity index (χ0) is 55.7. The minimum Gasteiger partial charge on any atom is -0.310 e. The van der Waals surface area contributed by atoms with Gasteiger partial charge in [0.15, 0.2) is 0 Å². The minimum atomic E-state index is -0.663. The van der Waals surface area contributed by atoms with Gasteiger partial charge in [0.05, 0.1) is 33.2 Å². The molecule has 16 aromatic rings. The molecule has 0 saturated heterocycles. The largest absolute Gasteiger partial charge is 0.310 e. The van der Waals surface area contributed by atoms with Crippen molar-refractivity contribution in [3.05, 3.63) is 338 Å². The molecule has 0 N–H and O–H groups in total. The summed E-state index contributed by atoms with van der Waals surface area (Å²) in [5.74, 6) is 0. The van der Waals surface area contributed by atoms with Crippen LogP contribution < -0.4 is 9.80 Å². The van der Waals surface area contributed by atoms with Crippen LogP contribution in [0.3, 0.4) is 0 Å². The predicted octanol–water partition coefficient (Wildman–Crippen LogP) is 21.5. The first-order chi connectivity index (χ1) is 42.2. The van der Waals surface area contributed by atoms with E-state index in [1.165, 1.54) is 110 Å². The van der Waals surface area contributed by atoms with Gasteiger partial charge < -0.3 is 18.9 Å². The first-order valence-electron chi connectivity index (χ1n) is 29.4. The van der Waals surface area contributed by atoms with Gasteiger partial charge in [0.25, 0.3) is 0 Å². The highest BCUT2D eigenvalue weighted by Gasteiger charge is 2.53. The fourth-order valence-electron chi connectivity index (χ4n) is 15.1. The predicted molar refractivity (Wildman–Crippen MR) is 356 cm³/mol. The van der Waals surface area contributed by atoms with Crippen molar-refractivity contribution < 1.29 is 0 Å². The Labute approximate surface area is 492 Å². The highest BCUT2D eigenvalue weighted by atomic mass is 15.2. The fourth-order valence-corrected chi connectivity index (χ4v) is 15.1. The van der Waals surface area contributed by atoms with Gasteiger partial charge in [-0.25, -0.2) is 0 Å². The van der Waals surface area contributed by atoms with Crippen molar-refractivity contribution in [2.45, 2.75) is 5.41 Å². The summed E-state index contributed by atoms with van der Waals surface area (Å²) in [5, 5.41) is 9.71. The van der Waals surface area contributed by atoms with Gasteiger partial charge in [0, 0.05) is 66.7 Å². The molecule has 2 aliphatic rings. The van der Waals surface area contributed by atoms with Gasteiger partial charge in [0.2, 0.25) is 0 Å². The number of benzene rings is 14. The molecular formula is C81H52N4. The molecule has 4 heteroatoms. The Morgan fingerprint density at radius 3 is 1.26 bits per heavy atom. The molecule has 0 fully saturated rings. The lowest BCUT2D eigenvalue weighted by molar-refractivity contribution is 0.802. The van der Waals surface area contributed by atoms with Crippen LogP contribution in [0.25, 0.3) is 98.8 Å². The molecular weight excluding hydrogens is 1030 g/mol. The van der Waals surface area contributed by atoms with E-state index < -0.39 is 5.41 Å². The summed E-state index contributed by atoms with van der Waals surface area (Å²) in [7, 11) is 0. The maximum absolute atomic E-state index is 2.57. The number of hydrogen-bond donors (Lipinski definition) is 0. The number of para-hydroxylation sites is 6. The highest BCUT2D eigenvalue weighted by Crippen LogP contribution is 2.66. The Balaban J connectivity index is 0.876. The van der Waals surface area contributed by atoms with Crippen LogP contribution in [0.2, 0.25) is 0 Å². The summed E-state index contributed by atoms with van der Waals surface area (Å²) < 4.78 is 4.79. The van der Waals surface area contributed by atoms with Crippen molar-refractivity contribution in [3.8, 4) is 33.6 Å². The van der Waals surface area contributed by atoms with E-state index >= 15 is 0 Å². The molecule has 14 aromatic carbocycles. The average Bonchev–Trinajstić information content (AvgIpc) is 1.53. The van der Waals surface area contributed by atoms with Crippen molar-refractivity contribution in [3.63, 3.8) is 0 Å². The van der Waals surface area contributed by atoms with E-state index in [0.717, 1.165) is 45.5 Å². The minimum absolute atomic E-state index is 0.663. The quantitative estimate of drug-likeness (QED) is 0.151. The van der Waals surface area contributed by atoms with Crippen LogP contribution in [0.1, 0.15) is 22.3 Å². The van der Waals surface area contributed by atoms with E-state index in [1.807, 2.05) is 0 Å². The molecule has 0 saturated carbocycles. The smallest absolute Gasteiger partial charge is 0.0732 e. The molecule has 1 spiro atoms. The van der Waals surface area contributed by atoms with Crippen molar-refractivity contribution >= 4 is 99.3 Å². The lowest BCUT2D eigenvalue weighted by atomic mass is 9.69. The molecule has 0 amide bonds. The van der Waals surface area contributed by atoms with Gasteiger partial charge in [-0.3, -0.25) is 0 Å². The Kier molecular flexibility index (Phi) is 10.3. The lowest BCUT2D eigenvalue weighted by Gasteiger charge is -2.34. The van der Waals surface area contributed by atoms with Crippen molar-refractivity contribution in [2.75, 3.05) is 9.80 Å². The molecule has 0 radical (unpaired) electrons. The van der Waals surface area contributed by atoms with Gasteiger partial charge in [0.1, 0.15) is 0 Å². The summed E-state index contributed by atoms with van der Waals surface area (Å²) >= 11 is 0. The molecule has 85 heavy (non-hydrogen) atoms. The zero-order valence-electron chi connectivity index (χ0n) is 46.3. The van der Waals surface area contributed by atoms with E-state index in [-0.39, 0.29) is 0 Å². The third kappa shape index (κ3) is 6.79. The van der Waals surface area contributed by atoms with Crippen LogP contribution in [0.15, 0.2) is 315 Å². The topological polar surface area (TPSA) is 16.3 Å². The molecule has 2 heterocycles. The maximum atomic E-state index is 2.57. The van der Waals surface area contributed by atoms with Gasteiger partial charge in [-0.1, -0.05) is 200 Å². The van der Waals surface area contributed by atoms with Crippen LogP contribution in [0.4, 0.5) is 34.1 Å². The molecule has 4 nitrogen and oxygen atoms in total. The summed E-state index contributed by atoms with van der Waals surface area (Å²) in [6, 6.07) is 117. The number of aromatic nitrogens is 2. The number of anilines is 6. The van der Waals surface area contributed by atoms with Crippen molar-refractivity contribution in [1.82, 2.24) is 9.13 Å². The molecule has 0 unspecified atom stereocenters. The van der Waals surface area contributed by atoms with Crippen LogP contribution in [-0.2, 0) is 5.41 Å². The molecule has 0 bridgehead atoms. The number of fused-ring (bicyclic) bond motifs is 20. The van der Waals surface area contributed by atoms with Gasteiger partial charge in [-0.05, 0) is 176 Å². The molecule has 2 aliphatic carbocycles. The fraction of sp³-hybridized carbons (Fsp3) is 0.0123. The van der Waals surface area contributed by atoms with Gasteiger partial charge in [-0.2, -0.15) is 0 Å². The Morgan fingerprint density at radius 1 is 0.247 bits per heavy atom. The van der Waals surface area contributed by atoms with E-state index in [2.05, 4.69) is 334 Å². The van der Waals surface area contributed by atoms with E-state index in [1.54, 1.807) is 0 Å². The van der Waals surface area contributed by atoms with Crippen molar-refractivity contribution in [2.24, 2.45) is 0 Å². The lowest BCUT2D eigenvalue weighted by Crippen LogP contribution is -2.26. The van der Waals surface area contributed by atoms with E-state index in [0.29, 0.717) is 0 Å². The summed E-state index contributed by atoms with van der Waals surface area (Å²) in [6.07, 6.45) is 0. The third-order valence-electron chi connectivity index (χ3n) is 18.4. The maximum Gasteiger partial charge on any atom is 0.0732 e. The Hall–Kier alpha value is -11.2. The molecule has 18 rings (SSSR count). The molecule has 396 valence electrons. The summed E-state index contributed by atoms with van der Waals surface area (Å²) in [4.78, 5) is 4.94. The van der Waals surface area contributed by atoms with Crippen LogP contribution in [0.5, 0.6) is 0 Å². The second-order valence-corrected chi connectivity index (χ2v) is 22.7. The van der Waals surface area contributed by atoms with Gasteiger partial charge >= 0.3 is 0 Å². The van der Waals surface area contributed by atoms with Crippen LogP contribution in [-0.4, -0.2) is 9.13 Å². The normalized spacial score (nSPS) is 12.8. The highest BCUT2D eigenvalue weighted by molar-refractivity contribution is 6.17. The number of nitrogens with zero attached hydrogens (tertiary/aromatic N) is 4. The second kappa shape index (κ2) is 18.4. The Bertz CT molecular complexity index is 5320. The van der Waals surface area contributed by atoms with Gasteiger partial charge in [-0.15, -0.1) is 0 Å². The van der Waals surface area contributed by atoms with E-state index in [4.69, 9.17) is 0 Å². The number of hydrogen-bond acceptors (Lipinski definition) is 2. The molecule has 0 aliphatic heterocycles. The first kappa shape index (κ1) is 47.4. The Morgan fingerprint density at radius 2 is 0.682 bits per heavy atom. The monoisotopic (exact) mass is 1080 g/mol. The average molecular weight is 1080 g/mol. The number of rotatable bonds is 8. The zero-order valence-corrected chi connectivity index (χ0v) is 46.3. The second-order valence-electron chi connectivity index (χ2n) is 22.7. The summed E-state index contributed by atoms with van der Waals surface area (Å²) in [6.45, 7) is 0. The third-order valence-corrected chi connectivity index (χ3v) is 18.4. The SMILES string of the molecule is c1ccc(N(c2ccc3c4c(ccc3c2)-c2c(cc(N(c3ccccc3)c3ccc5c(c3)c3ccccc3n5-c3ccccc3)c3ccccc23)C42c3ccccc3-c3ccccc32)c2ccc3c(c2)c2ccccc2n3-c2ccccc2)cc1. The van der Waals surface area contributed by atoms with Crippen LogP contribution >= 0.6 is 0 Å². The van der Waals surface area contributed by atoms with E-state index in [9.17, 15) is 0 Å².